The number of anilines is 1. The maximum Gasteiger partial charge on any atom is 0.408 e. The van der Waals surface area contributed by atoms with E-state index in [2.05, 4.69) is 31.5 Å². The van der Waals surface area contributed by atoms with Gasteiger partial charge in [-0.25, -0.2) is 4.79 Å². The van der Waals surface area contributed by atoms with Gasteiger partial charge in [0.1, 0.15) is 24.0 Å². The Morgan fingerprint density at radius 3 is 2.32 bits per heavy atom. The highest BCUT2D eigenvalue weighted by Crippen LogP contribution is 2.25. The summed E-state index contributed by atoms with van der Waals surface area (Å²) in [6, 6.07) is 14.4. The van der Waals surface area contributed by atoms with Gasteiger partial charge in [-0.3, -0.25) is 4.79 Å². The van der Waals surface area contributed by atoms with Gasteiger partial charge in [0.15, 0.2) is 0 Å². The van der Waals surface area contributed by atoms with Crippen molar-refractivity contribution in [3.8, 4) is 5.75 Å². The first-order valence-corrected chi connectivity index (χ1v) is 12.2. The Bertz CT molecular complexity index is 926. The normalized spacial score (nSPS) is 12.2. The van der Waals surface area contributed by atoms with Gasteiger partial charge in [-0.2, -0.15) is 0 Å². The van der Waals surface area contributed by atoms with Crippen LogP contribution in [0.1, 0.15) is 45.6 Å². The van der Waals surface area contributed by atoms with Crippen molar-refractivity contribution in [1.29, 1.82) is 0 Å². The van der Waals surface area contributed by atoms with Gasteiger partial charge in [-0.05, 0) is 106 Å². The third-order valence-corrected chi connectivity index (χ3v) is 5.46. The van der Waals surface area contributed by atoms with Gasteiger partial charge in [0.25, 0.3) is 0 Å². The predicted octanol–water partition coefficient (Wildman–Crippen LogP) is 5.59. The van der Waals surface area contributed by atoms with Crippen molar-refractivity contribution in [3.05, 3.63) is 58.6 Å². The van der Waals surface area contributed by atoms with E-state index in [0.717, 1.165) is 35.2 Å². The number of nitrogens with zero attached hydrogens (tertiary/aromatic N) is 1. The molecule has 0 aromatic heterocycles. The molecular formula is C26H36BrN3O4. The minimum absolute atomic E-state index is 0.270. The Morgan fingerprint density at radius 2 is 1.71 bits per heavy atom. The molecular weight excluding hydrogens is 498 g/mol. The number of hydrogen-bond donors (Lipinski definition) is 2. The van der Waals surface area contributed by atoms with Crippen LogP contribution in [0.15, 0.2) is 53.0 Å². The molecule has 0 spiro atoms. The molecule has 2 aromatic rings. The number of halogens is 1. The monoisotopic (exact) mass is 533 g/mol. The Hall–Kier alpha value is -2.58. The summed E-state index contributed by atoms with van der Waals surface area (Å²) in [4.78, 5) is 27.3. The number of benzene rings is 2. The topological polar surface area (TPSA) is 79.9 Å². The standard InChI is InChI=1S/C26H36BrN3O4/c1-26(2,3)34-25(32)29-22(11-8-9-17-30(4)5)24(31)28-20-15-13-19(14-16-20)18-33-23-12-7-6-10-21(23)27/h6-7,10,12-16,22H,8-9,11,17-18H2,1-5H3,(H,28,31)(H,29,32). The summed E-state index contributed by atoms with van der Waals surface area (Å²) in [6.45, 7) is 6.71. The van der Waals surface area contributed by atoms with Crippen LogP contribution in [0.4, 0.5) is 10.5 Å². The van der Waals surface area contributed by atoms with Gasteiger partial charge >= 0.3 is 6.09 Å². The van der Waals surface area contributed by atoms with Gasteiger partial charge in [-0.15, -0.1) is 0 Å². The first-order chi connectivity index (χ1) is 16.0. The van der Waals surface area contributed by atoms with Crippen LogP contribution >= 0.6 is 15.9 Å². The summed E-state index contributed by atoms with van der Waals surface area (Å²) in [5, 5.41) is 5.63. The highest BCUT2D eigenvalue weighted by atomic mass is 79.9. The Morgan fingerprint density at radius 1 is 1.03 bits per heavy atom. The SMILES string of the molecule is CN(C)CCCCC(NC(=O)OC(C)(C)C)C(=O)Nc1ccc(COc2ccccc2Br)cc1. The summed E-state index contributed by atoms with van der Waals surface area (Å²) in [5.41, 5.74) is 0.989. The fraction of sp³-hybridized carbons (Fsp3) is 0.462. The summed E-state index contributed by atoms with van der Waals surface area (Å²) in [7, 11) is 4.02. The third kappa shape index (κ3) is 10.6. The Balaban J connectivity index is 1.95. The fourth-order valence-electron chi connectivity index (χ4n) is 3.13. The van der Waals surface area contributed by atoms with E-state index in [1.54, 1.807) is 20.8 Å². The molecule has 186 valence electrons. The molecule has 0 radical (unpaired) electrons. The number of amides is 2. The van der Waals surface area contributed by atoms with Crippen LogP contribution in [0.5, 0.6) is 5.75 Å². The molecule has 0 aliphatic carbocycles. The summed E-state index contributed by atoms with van der Waals surface area (Å²) < 4.78 is 12.1. The van der Waals surface area contributed by atoms with E-state index in [4.69, 9.17) is 9.47 Å². The van der Waals surface area contributed by atoms with E-state index in [-0.39, 0.29) is 5.91 Å². The highest BCUT2D eigenvalue weighted by molar-refractivity contribution is 9.10. The van der Waals surface area contributed by atoms with E-state index < -0.39 is 17.7 Å². The van der Waals surface area contributed by atoms with E-state index in [1.807, 2.05) is 62.6 Å². The second kappa shape index (κ2) is 13.3. The number of ether oxygens (including phenoxy) is 2. The zero-order chi connectivity index (χ0) is 25.1. The molecule has 0 heterocycles. The molecule has 2 rings (SSSR count). The minimum atomic E-state index is -0.685. The highest BCUT2D eigenvalue weighted by Gasteiger charge is 2.24. The molecule has 1 unspecified atom stereocenters. The summed E-state index contributed by atoms with van der Waals surface area (Å²) >= 11 is 3.47. The van der Waals surface area contributed by atoms with Crippen molar-refractivity contribution in [2.75, 3.05) is 26.0 Å². The molecule has 0 saturated heterocycles. The van der Waals surface area contributed by atoms with Crippen molar-refractivity contribution in [2.45, 2.75) is 58.3 Å². The first-order valence-electron chi connectivity index (χ1n) is 11.4. The van der Waals surface area contributed by atoms with E-state index in [1.165, 1.54) is 0 Å². The minimum Gasteiger partial charge on any atom is -0.488 e. The van der Waals surface area contributed by atoms with Crippen molar-refractivity contribution in [2.24, 2.45) is 0 Å². The number of carbonyl (C=O) groups excluding carboxylic acids is 2. The Labute approximate surface area is 211 Å². The zero-order valence-electron chi connectivity index (χ0n) is 20.7. The second-order valence-corrected chi connectivity index (χ2v) is 10.3. The van der Waals surface area contributed by atoms with Crippen LogP contribution in [0, 0.1) is 0 Å². The lowest BCUT2D eigenvalue weighted by Gasteiger charge is -2.23. The van der Waals surface area contributed by atoms with E-state index >= 15 is 0 Å². The van der Waals surface area contributed by atoms with Gasteiger partial charge in [0, 0.05) is 5.69 Å². The molecule has 2 N–H and O–H groups in total. The number of rotatable bonds is 11. The smallest absolute Gasteiger partial charge is 0.408 e. The van der Waals surface area contributed by atoms with Gasteiger partial charge in [0.2, 0.25) is 5.91 Å². The molecule has 0 aliphatic heterocycles. The fourth-order valence-corrected chi connectivity index (χ4v) is 3.53. The van der Waals surface area contributed by atoms with Gasteiger partial charge < -0.3 is 25.0 Å². The van der Waals surface area contributed by atoms with Crippen LogP contribution in [0.25, 0.3) is 0 Å². The number of para-hydroxylation sites is 1. The molecule has 0 saturated carbocycles. The molecule has 1 atom stereocenters. The number of hydrogen-bond acceptors (Lipinski definition) is 5. The maximum absolute atomic E-state index is 13.0. The van der Waals surface area contributed by atoms with Crippen molar-refractivity contribution in [3.63, 3.8) is 0 Å². The molecule has 34 heavy (non-hydrogen) atoms. The van der Waals surface area contributed by atoms with Crippen molar-refractivity contribution >= 4 is 33.6 Å². The lowest BCUT2D eigenvalue weighted by atomic mass is 10.1. The summed E-state index contributed by atoms with van der Waals surface area (Å²) in [5.74, 6) is 0.498. The average Bonchev–Trinajstić information content (AvgIpc) is 2.75. The molecule has 0 aliphatic rings. The molecule has 7 nitrogen and oxygen atoms in total. The van der Waals surface area contributed by atoms with Crippen LogP contribution in [0.2, 0.25) is 0 Å². The largest absolute Gasteiger partial charge is 0.488 e. The number of unbranched alkanes of at least 4 members (excludes halogenated alkanes) is 1. The van der Waals surface area contributed by atoms with Crippen LogP contribution in [0.3, 0.4) is 0 Å². The predicted molar refractivity (Wildman–Crippen MR) is 139 cm³/mol. The maximum atomic E-state index is 13.0. The number of carbonyl (C=O) groups is 2. The lowest BCUT2D eigenvalue weighted by molar-refractivity contribution is -0.118. The van der Waals surface area contributed by atoms with Crippen LogP contribution in [-0.2, 0) is 16.1 Å². The number of alkyl carbamates (subject to hydrolysis) is 1. The Kier molecular flexibility index (Phi) is 10.9. The molecule has 2 amide bonds. The first kappa shape index (κ1) is 27.7. The lowest BCUT2D eigenvalue weighted by Crippen LogP contribution is -2.45. The zero-order valence-corrected chi connectivity index (χ0v) is 22.3. The van der Waals surface area contributed by atoms with Gasteiger partial charge in [-0.1, -0.05) is 24.3 Å². The average molecular weight is 534 g/mol. The summed E-state index contributed by atoms with van der Waals surface area (Å²) in [6.07, 6.45) is 1.66. The van der Waals surface area contributed by atoms with E-state index in [9.17, 15) is 9.59 Å². The van der Waals surface area contributed by atoms with Crippen molar-refractivity contribution in [1.82, 2.24) is 10.2 Å². The quantitative estimate of drug-likeness (QED) is 0.368. The van der Waals surface area contributed by atoms with Crippen LogP contribution < -0.4 is 15.4 Å². The van der Waals surface area contributed by atoms with E-state index in [0.29, 0.717) is 18.7 Å². The molecule has 0 bridgehead atoms. The van der Waals surface area contributed by atoms with Gasteiger partial charge in [0.05, 0.1) is 4.47 Å². The molecule has 0 fully saturated rings. The number of nitrogens with one attached hydrogen (secondary N) is 2. The molecule has 2 aromatic carbocycles. The third-order valence-electron chi connectivity index (χ3n) is 4.81. The van der Waals surface area contributed by atoms with Crippen LogP contribution in [-0.4, -0.2) is 49.2 Å². The second-order valence-electron chi connectivity index (χ2n) is 9.40. The molecule has 8 heteroatoms. The van der Waals surface area contributed by atoms with Crippen molar-refractivity contribution < 1.29 is 19.1 Å².